The molecule has 3 aromatic carbocycles. The molecule has 3 heterocycles. The molecule has 5 aromatic rings. The van der Waals surface area contributed by atoms with Gasteiger partial charge in [-0.3, -0.25) is 0 Å². The van der Waals surface area contributed by atoms with Gasteiger partial charge in [-0.25, -0.2) is 29.0 Å². The average Bonchev–Trinajstić information content (AvgIpc) is 3.63. The summed E-state index contributed by atoms with van der Waals surface area (Å²) in [6.07, 6.45) is -1.93. The summed E-state index contributed by atoms with van der Waals surface area (Å²) in [6.45, 7) is -0.327. The maximum atomic E-state index is 13.3. The lowest BCUT2D eigenvalue weighted by Crippen LogP contribution is -2.41. The van der Waals surface area contributed by atoms with Crippen molar-refractivity contribution in [3.63, 3.8) is 0 Å². The van der Waals surface area contributed by atoms with Gasteiger partial charge in [0.1, 0.15) is 24.9 Å². The van der Waals surface area contributed by atoms with E-state index in [1.165, 1.54) is 17.2 Å². The Balaban J connectivity index is 1.37. The van der Waals surface area contributed by atoms with Gasteiger partial charge in [-0.1, -0.05) is 54.6 Å². The summed E-state index contributed by atoms with van der Waals surface area (Å²) in [7, 11) is 0. The number of nitrogens with zero attached hydrogens (tertiary/aromatic N) is 4. The highest BCUT2D eigenvalue weighted by Crippen LogP contribution is 2.36. The molecule has 12 heteroatoms. The first kappa shape index (κ1) is 27.5. The van der Waals surface area contributed by atoms with Crippen LogP contribution in [0.3, 0.4) is 0 Å². The van der Waals surface area contributed by atoms with Gasteiger partial charge in [-0.05, 0) is 36.4 Å². The molecule has 0 aliphatic carbocycles. The summed E-state index contributed by atoms with van der Waals surface area (Å²) in [5, 5.41) is 4.83. The van der Waals surface area contributed by atoms with Gasteiger partial charge in [0.2, 0.25) is 0 Å². The third kappa shape index (κ3) is 5.76. The first-order valence-corrected chi connectivity index (χ1v) is 13.3. The average molecular weight is 580 g/mol. The molecule has 1 aliphatic rings. The third-order valence-corrected chi connectivity index (χ3v) is 6.84. The molecule has 1 fully saturated rings. The molecule has 0 radical (unpaired) electrons. The van der Waals surface area contributed by atoms with E-state index in [1.807, 2.05) is 0 Å². The number of aromatic nitrogens is 4. The smallest absolute Gasteiger partial charge is 0.338 e. The summed E-state index contributed by atoms with van der Waals surface area (Å²) in [4.78, 5) is 47.7. The fraction of sp³-hybridized carbons (Fsp3) is 0.161. The highest BCUT2D eigenvalue weighted by atomic mass is 16.7. The van der Waals surface area contributed by atoms with Crippen molar-refractivity contribution >= 4 is 34.8 Å². The van der Waals surface area contributed by atoms with E-state index in [-0.39, 0.29) is 23.6 Å². The Morgan fingerprint density at radius 3 is 1.86 bits per heavy atom. The maximum absolute atomic E-state index is 13.3. The Hall–Kier alpha value is -5.62. The number of fused-ring (bicyclic) bond motifs is 1. The summed E-state index contributed by atoms with van der Waals surface area (Å²) in [6, 6.07) is 25.1. The number of rotatable bonds is 8. The molecule has 0 amide bonds. The minimum Gasteiger partial charge on any atom is -0.459 e. The van der Waals surface area contributed by atoms with Gasteiger partial charge >= 0.3 is 17.9 Å². The summed E-state index contributed by atoms with van der Waals surface area (Å²) < 4.78 is 25.1. The Kier molecular flexibility index (Phi) is 7.74. The number of esters is 3. The van der Waals surface area contributed by atoms with Crippen molar-refractivity contribution in [1.82, 2.24) is 19.7 Å². The monoisotopic (exact) mass is 579 g/mol. The number of benzene rings is 3. The number of ether oxygens (including phenoxy) is 4. The van der Waals surface area contributed by atoms with Gasteiger partial charge in [0, 0.05) is 0 Å². The van der Waals surface area contributed by atoms with Crippen LogP contribution in [-0.4, -0.2) is 62.6 Å². The SMILES string of the molecule is Nc1ncnc2c1cnn2C1OC(COC(=O)c2ccccc2)C(OC(=O)c2ccccc2)C1OC(=O)c1ccccc1. The molecule has 6 rings (SSSR count). The van der Waals surface area contributed by atoms with Crippen molar-refractivity contribution in [2.45, 2.75) is 24.5 Å². The van der Waals surface area contributed by atoms with Crippen LogP contribution in [0.4, 0.5) is 5.82 Å². The Labute approximate surface area is 245 Å². The lowest BCUT2D eigenvalue weighted by atomic mass is 10.1. The molecule has 1 saturated heterocycles. The molecule has 0 saturated carbocycles. The van der Waals surface area contributed by atoms with Crippen LogP contribution in [0.2, 0.25) is 0 Å². The van der Waals surface area contributed by atoms with Crippen LogP contribution in [0, 0.1) is 0 Å². The highest BCUT2D eigenvalue weighted by molar-refractivity contribution is 5.91. The number of anilines is 1. The van der Waals surface area contributed by atoms with Crippen LogP contribution in [0.5, 0.6) is 0 Å². The fourth-order valence-corrected chi connectivity index (χ4v) is 4.72. The Bertz CT molecular complexity index is 1750. The fourth-order valence-electron chi connectivity index (χ4n) is 4.72. The van der Waals surface area contributed by atoms with Crippen molar-refractivity contribution < 1.29 is 33.3 Å². The lowest BCUT2D eigenvalue weighted by Gasteiger charge is -2.24. The van der Waals surface area contributed by atoms with E-state index in [0.29, 0.717) is 16.6 Å². The van der Waals surface area contributed by atoms with Gasteiger partial charge in [0.25, 0.3) is 0 Å². The number of carbonyl (C=O) groups excluding carboxylic acids is 3. The molecule has 43 heavy (non-hydrogen) atoms. The quantitative estimate of drug-likeness (QED) is 0.211. The molecule has 1 aliphatic heterocycles. The van der Waals surface area contributed by atoms with Crippen molar-refractivity contribution in [1.29, 1.82) is 0 Å². The molecule has 4 unspecified atom stereocenters. The number of hydrogen-bond donors (Lipinski definition) is 1. The maximum Gasteiger partial charge on any atom is 0.338 e. The van der Waals surface area contributed by atoms with Crippen LogP contribution in [0.25, 0.3) is 11.0 Å². The summed E-state index contributed by atoms with van der Waals surface area (Å²) in [5.74, 6) is -1.80. The predicted molar refractivity (Wildman–Crippen MR) is 152 cm³/mol. The largest absolute Gasteiger partial charge is 0.459 e. The first-order chi connectivity index (χ1) is 21.0. The van der Waals surface area contributed by atoms with E-state index >= 15 is 0 Å². The Morgan fingerprint density at radius 1 is 0.744 bits per heavy atom. The first-order valence-electron chi connectivity index (χ1n) is 13.3. The molecule has 12 nitrogen and oxygen atoms in total. The van der Waals surface area contributed by atoms with Crippen molar-refractivity contribution in [3.05, 3.63) is 120 Å². The van der Waals surface area contributed by atoms with Gasteiger partial charge in [-0.2, -0.15) is 5.10 Å². The Morgan fingerprint density at radius 2 is 1.28 bits per heavy atom. The molecular weight excluding hydrogens is 554 g/mol. The van der Waals surface area contributed by atoms with Gasteiger partial charge < -0.3 is 24.7 Å². The topological polar surface area (TPSA) is 158 Å². The minimum absolute atomic E-state index is 0.187. The lowest BCUT2D eigenvalue weighted by molar-refractivity contribution is -0.0654. The van der Waals surface area contributed by atoms with Crippen LogP contribution in [0.15, 0.2) is 104 Å². The van der Waals surface area contributed by atoms with E-state index in [1.54, 1.807) is 91.0 Å². The molecule has 2 aromatic heterocycles. The van der Waals surface area contributed by atoms with E-state index in [4.69, 9.17) is 24.7 Å². The zero-order valence-corrected chi connectivity index (χ0v) is 22.6. The second-order valence-corrected chi connectivity index (χ2v) is 9.59. The standard InChI is InChI=1S/C31H25N5O7/c32-26-22-16-35-36(27(22)34-18-33-26)28-25(43-31(39)21-14-8-3-9-15-21)24(42-30(38)20-12-6-2-7-13-20)23(41-28)17-40-29(37)19-10-4-1-5-11-19/h1-16,18,23-25,28H,17H2,(H2,32,33,34). The molecule has 216 valence electrons. The number of nitrogen functional groups attached to an aromatic ring is 1. The van der Waals surface area contributed by atoms with E-state index in [0.717, 1.165) is 0 Å². The second kappa shape index (κ2) is 12.1. The van der Waals surface area contributed by atoms with Crippen LogP contribution < -0.4 is 5.73 Å². The van der Waals surface area contributed by atoms with Gasteiger partial charge in [0.15, 0.2) is 24.1 Å². The van der Waals surface area contributed by atoms with Crippen LogP contribution in [0.1, 0.15) is 37.3 Å². The zero-order chi connectivity index (χ0) is 29.8. The van der Waals surface area contributed by atoms with E-state index in [2.05, 4.69) is 15.1 Å². The number of carbonyl (C=O) groups is 3. The zero-order valence-electron chi connectivity index (χ0n) is 22.6. The van der Waals surface area contributed by atoms with Gasteiger partial charge in [0.05, 0.1) is 28.3 Å². The predicted octanol–water partition coefficient (Wildman–Crippen LogP) is 3.61. The van der Waals surface area contributed by atoms with E-state index in [9.17, 15) is 14.4 Å². The van der Waals surface area contributed by atoms with Crippen LogP contribution >= 0.6 is 0 Å². The number of nitrogens with two attached hydrogens (primary N) is 1. The minimum atomic E-state index is -1.24. The van der Waals surface area contributed by atoms with E-state index < -0.39 is 42.4 Å². The van der Waals surface area contributed by atoms with Crippen molar-refractivity contribution in [2.24, 2.45) is 0 Å². The van der Waals surface area contributed by atoms with Crippen molar-refractivity contribution in [3.8, 4) is 0 Å². The van der Waals surface area contributed by atoms with Crippen molar-refractivity contribution in [2.75, 3.05) is 12.3 Å². The van der Waals surface area contributed by atoms with Crippen LogP contribution in [-0.2, 0) is 18.9 Å². The third-order valence-electron chi connectivity index (χ3n) is 6.84. The molecule has 0 bridgehead atoms. The molecular formula is C31H25N5O7. The molecule has 2 N–H and O–H groups in total. The number of hydrogen-bond acceptors (Lipinski definition) is 11. The second-order valence-electron chi connectivity index (χ2n) is 9.59. The normalized spacial score (nSPS) is 19.5. The molecule has 4 atom stereocenters. The highest BCUT2D eigenvalue weighted by Gasteiger charge is 2.52. The summed E-state index contributed by atoms with van der Waals surface area (Å²) in [5.41, 5.74) is 7.19. The van der Waals surface area contributed by atoms with Gasteiger partial charge in [-0.15, -0.1) is 0 Å². The molecule has 0 spiro atoms. The summed E-state index contributed by atoms with van der Waals surface area (Å²) >= 11 is 0.